The van der Waals surface area contributed by atoms with E-state index in [9.17, 15) is 14.0 Å². The smallest absolute Gasteiger partial charge is 0.307 e. The van der Waals surface area contributed by atoms with Crippen LogP contribution in [0.2, 0.25) is 0 Å². The fraction of sp³-hybridized carbons (Fsp3) is 0.263. The molecule has 1 aliphatic heterocycles. The van der Waals surface area contributed by atoms with Gasteiger partial charge in [0.1, 0.15) is 5.82 Å². The van der Waals surface area contributed by atoms with Crippen LogP contribution in [-0.2, 0) is 16.6 Å². The number of aliphatic carboxylic acids is 1. The molecule has 124 valence electrons. The van der Waals surface area contributed by atoms with Crippen LogP contribution in [0.1, 0.15) is 35.3 Å². The Bertz CT molecular complexity index is 829. The summed E-state index contributed by atoms with van der Waals surface area (Å²) in [5, 5.41) is 8.90. The average molecular weight is 327 g/mol. The second-order valence-electron chi connectivity index (χ2n) is 6.71. The number of hydrogen-bond acceptors (Lipinski definition) is 2. The zero-order valence-corrected chi connectivity index (χ0v) is 13.5. The molecule has 1 aliphatic rings. The molecule has 2 aromatic carbocycles. The molecule has 2 aromatic rings. The Morgan fingerprint density at radius 3 is 2.67 bits per heavy atom. The van der Waals surface area contributed by atoms with Crippen LogP contribution in [0.5, 0.6) is 0 Å². The van der Waals surface area contributed by atoms with E-state index in [0.29, 0.717) is 23.4 Å². The molecule has 0 unspecified atom stereocenters. The van der Waals surface area contributed by atoms with Gasteiger partial charge in [0.05, 0.1) is 12.1 Å². The summed E-state index contributed by atoms with van der Waals surface area (Å²) in [5.41, 5.74) is 2.21. The standard InChI is InChI=1S/C19H18FNO3/c1-19(2)11-21(16-10-14(20)6-7-15(16)19)18(24)13-5-3-4-12(8-13)9-17(22)23/h3-8,10H,9,11H2,1-2H3,(H,22,23). The normalized spacial score (nSPS) is 15.2. The topological polar surface area (TPSA) is 57.6 Å². The highest BCUT2D eigenvalue weighted by molar-refractivity contribution is 6.07. The minimum Gasteiger partial charge on any atom is -0.481 e. The number of carbonyl (C=O) groups excluding carboxylic acids is 1. The van der Waals surface area contributed by atoms with E-state index >= 15 is 0 Å². The van der Waals surface area contributed by atoms with E-state index in [4.69, 9.17) is 5.11 Å². The fourth-order valence-corrected chi connectivity index (χ4v) is 3.19. The van der Waals surface area contributed by atoms with Gasteiger partial charge in [0.25, 0.3) is 5.91 Å². The monoisotopic (exact) mass is 327 g/mol. The Kier molecular flexibility index (Phi) is 3.87. The minimum absolute atomic E-state index is 0.141. The number of carboxylic acids is 1. The van der Waals surface area contributed by atoms with Gasteiger partial charge in [-0.05, 0) is 35.4 Å². The van der Waals surface area contributed by atoms with Crippen molar-refractivity contribution >= 4 is 17.6 Å². The number of amides is 1. The summed E-state index contributed by atoms with van der Waals surface area (Å²) >= 11 is 0. The van der Waals surface area contributed by atoms with E-state index in [1.54, 1.807) is 35.2 Å². The molecule has 1 N–H and O–H groups in total. The van der Waals surface area contributed by atoms with Gasteiger partial charge in [-0.3, -0.25) is 9.59 Å². The van der Waals surface area contributed by atoms with Crippen LogP contribution < -0.4 is 4.90 Å². The predicted octanol–water partition coefficient (Wildman–Crippen LogP) is 3.39. The first-order valence-corrected chi connectivity index (χ1v) is 7.70. The number of rotatable bonds is 3. The van der Waals surface area contributed by atoms with Crippen LogP contribution in [0.3, 0.4) is 0 Å². The number of hydrogen-bond donors (Lipinski definition) is 1. The molecule has 0 saturated carbocycles. The van der Waals surface area contributed by atoms with Crippen molar-refractivity contribution in [3.63, 3.8) is 0 Å². The number of halogens is 1. The number of carboxylic acid groups (broad SMARTS) is 1. The molecular weight excluding hydrogens is 309 g/mol. The maximum Gasteiger partial charge on any atom is 0.307 e. The molecule has 5 heteroatoms. The predicted molar refractivity (Wildman–Crippen MR) is 88.9 cm³/mol. The maximum absolute atomic E-state index is 13.7. The summed E-state index contributed by atoms with van der Waals surface area (Å²) in [6, 6.07) is 11.1. The van der Waals surface area contributed by atoms with Gasteiger partial charge < -0.3 is 10.0 Å². The van der Waals surface area contributed by atoms with Crippen molar-refractivity contribution in [1.29, 1.82) is 0 Å². The Hall–Kier alpha value is -2.69. The number of nitrogens with zero attached hydrogens (tertiary/aromatic N) is 1. The Balaban J connectivity index is 1.97. The summed E-state index contributed by atoms with van der Waals surface area (Å²) in [6.07, 6.45) is -0.141. The Morgan fingerprint density at radius 1 is 1.21 bits per heavy atom. The molecule has 0 spiro atoms. The molecule has 0 atom stereocenters. The fourth-order valence-electron chi connectivity index (χ4n) is 3.19. The van der Waals surface area contributed by atoms with Crippen molar-refractivity contribution in [2.45, 2.75) is 25.7 Å². The van der Waals surface area contributed by atoms with E-state index < -0.39 is 5.97 Å². The van der Waals surface area contributed by atoms with E-state index in [-0.39, 0.29) is 23.6 Å². The molecule has 0 aliphatic carbocycles. The summed E-state index contributed by atoms with van der Waals surface area (Å²) in [6.45, 7) is 4.48. The van der Waals surface area contributed by atoms with E-state index in [1.165, 1.54) is 12.1 Å². The Morgan fingerprint density at radius 2 is 1.96 bits per heavy atom. The summed E-state index contributed by atoms with van der Waals surface area (Å²) in [5.74, 6) is -1.59. The number of fused-ring (bicyclic) bond motifs is 1. The highest BCUT2D eigenvalue weighted by Gasteiger charge is 2.38. The lowest BCUT2D eigenvalue weighted by atomic mass is 9.87. The number of anilines is 1. The molecule has 0 fully saturated rings. The number of benzene rings is 2. The van der Waals surface area contributed by atoms with Crippen LogP contribution in [0.25, 0.3) is 0 Å². The summed E-state index contributed by atoms with van der Waals surface area (Å²) < 4.78 is 13.7. The minimum atomic E-state index is -0.950. The van der Waals surface area contributed by atoms with Crippen molar-refractivity contribution in [3.05, 3.63) is 65.0 Å². The molecule has 3 rings (SSSR count). The van der Waals surface area contributed by atoms with Crippen molar-refractivity contribution < 1.29 is 19.1 Å². The molecule has 4 nitrogen and oxygen atoms in total. The zero-order chi connectivity index (χ0) is 17.5. The number of carbonyl (C=O) groups is 2. The van der Waals surface area contributed by atoms with Crippen LogP contribution in [0.4, 0.5) is 10.1 Å². The van der Waals surface area contributed by atoms with Crippen molar-refractivity contribution in [1.82, 2.24) is 0 Å². The maximum atomic E-state index is 13.7. The molecule has 24 heavy (non-hydrogen) atoms. The third kappa shape index (κ3) is 2.89. The van der Waals surface area contributed by atoms with Gasteiger partial charge in [-0.15, -0.1) is 0 Å². The molecule has 0 aromatic heterocycles. The highest BCUT2D eigenvalue weighted by atomic mass is 19.1. The first-order valence-electron chi connectivity index (χ1n) is 7.70. The van der Waals surface area contributed by atoms with Crippen LogP contribution in [0, 0.1) is 5.82 Å². The summed E-state index contributed by atoms with van der Waals surface area (Å²) in [7, 11) is 0. The third-order valence-corrected chi connectivity index (χ3v) is 4.31. The van der Waals surface area contributed by atoms with Crippen molar-refractivity contribution in [2.24, 2.45) is 0 Å². The van der Waals surface area contributed by atoms with Gasteiger partial charge in [0.15, 0.2) is 0 Å². The molecule has 0 bridgehead atoms. The quantitative estimate of drug-likeness (QED) is 0.940. The van der Waals surface area contributed by atoms with Gasteiger partial charge >= 0.3 is 5.97 Å². The average Bonchev–Trinajstić information content (AvgIpc) is 2.77. The van der Waals surface area contributed by atoms with Gasteiger partial charge in [0, 0.05) is 17.5 Å². The first kappa shape index (κ1) is 16.2. The van der Waals surface area contributed by atoms with Crippen molar-refractivity contribution in [3.8, 4) is 0 Å². The molecular formula is C19H18FNO3. The lowest BCUT2D eigenvalue weighted by Gasteiger charge is -2.21. The van der Waals surface area contributed by atoms with Crippen LogP contribution in [0.15, 0.2) is 42.5 Å². The second kappa shape index (κ2) is 5.74. The van der Waals surface area contributed by atoms with E-state index in [0.717, 1.165) is 5.56 Å². The molecule has 0 saturated heterocycles. The summed E-state index contributed by atoms with van der Waals surface area (Å²) in [4.78, 5) is 25.3. The van der Waals surface area contributed by atoms with Gasteiger partial charge in [-0.25, -0.2) is 4.39 Å². The van der Waals surface area contributed by atoms with Crippen molar-refractivity contribution in [2.75, 3.05) is 11.4 Å². The second-order valence-corrected chi connectivity index (χ2v) is 6.71. The van der Waals surface area contributed by atoms with Gasteiger partial charge in [-0.2, -0.15) is 0 Å². The highest BCUT2D eigenvalue weighted by Crippen LogP contribution is 2.41. The SMILES string of the molecule is CC1(C)CN(C(=O)c2cccc(CC(=O)O)c2)c2cc(F)ccc21. The lowest BCUT2D eigenvalue weighted by Crippen LogP contribution is -2.34. The van der Waals surface area contributed by atoms with Gasteiger partial charge in [0.2, 0.25) is 0 Å². The lowest BCUT2D eigenvalue weighted by molar-refractivity contribution is -0.136. The molecule has 1 amide bonds. The largest absolute Gasteiger partial charge is 0.481 e. The van der Waals surface area contributed by atoms with E-state index in [2.05, 4.69) is 0 Å². The van der Waals surface area contributed by atoms with Gasteiger partial charge in [-0.1, -0.05) is 32.0 Å². The zero-order valence-electron chi connectivity index (χ0n) is 13.5. The Labute approximate surface area is 139 Å². The van der Waals surface area contributed by atoms with Crippen LogP contribution in [-0.4, -0.2) is 23.5 Å². The van der Waals surface area contributed by atoms with E-state index in [1.807, 2.05) is 13.8 Å². The molecule has 1 heterocycles. The first-order chi connectivity index (χ1) is 11.3. The molecule has 0 radical (unpaired) electrons. The van der Waals surface area contributed by atoms with Crippen LogP contribution >= 0.6 is 0 Å². The third-order valence-electron chi connectivity index (χ3n) is 4.31.